The maximum absolute atomic E-state index is 12.1. The quantitative estimate of drug-likeness (QED) is 0.820. The smallest absolute Gasteiger partial charge is 0.311 e. The Balaban J connectivity index is 1.96. The number of carbonyl (C=O) groups is 3. The summed E-state index contributed by atoms with van der Waals surface area (Å²) in [7, 11) is 1.47. The van der Waals surface area contributed by atoms with Crippen molar-refractivity contribution in [2.45, 2.75) is 19.4 Å². The summed E-state index contributed by atoms with van der Waals surface area (Å²) in [6, 6.07) is 9.57. The van der Waals surface area contributed by atoms with E-state index < -0.39 is 11.9 Å². The van der Waals surface area contributed by atoms with Crippen molar-refractivity contribution < 1.29 is 19.1 Å². The van der Waals surface area contributed by atoms with Crippen LogP contribution >= 0.6 is 0 Å². The third kappa shape index (κ3) is 3.63. The van der Waals surface area contributed by atoms with Gasteiger partial charge in [0.05, 0.1) is 12.0 Å². The van der Waals surface area contributed by atoms with Gasteiger partial charge in [-0.15, -0.1) is 0 Å². The number of ether oxygens (including phenoxy) is 1. The highest BCUT2D eigenvalue weighted by molar-refractivity contribution is 5.88. The van der Waals surface area contributed by atoms with E-state index in [0.29, 0.717) is 6.54 Å². The van der Waals surface area contributed by atoms with Crippen LogP contribution in [0.2, 0.25) is 0 Å². The predicted octanol–water partition coefficient (Wildman–Crippen LogP) is 0.885. The Bertz CT molecular complexity index is 559. The number of benzene rings is 1. The van der Waals surface area contributed by atoms with E-state index in [9.17, 15) is 14.4 Å². The average Bonchev–Trinajstić information content (AvgIpc) is 2.94. The summed E-state index contributed by atoms with van der Waals surface area (Å²) in [6.07, 6.45) is 0.129. The number of carbonyl (C=O) groups excluding carboxylic acids is 3. The van der Waals surface area contributed by atoms with Crippen LogP contribution in [0.1, 0.15) is 24.9 Å². The standard InChI is InChI=1S/C16H20N2O4/c1-11(12-6-4-3-5-7-12)18-9-13(8-15(18)20)16(21)22-10-14(19)17-2/h3-7,11,13H,8-10H2,1-2H3,(H,17,19)/t11-,13+/m0/s1. The second-order valence-corrected chi connectivity index (χ2v) is 5.31. The molecule has 0 saturated carbocycles. The van der Waals surface area contributed by atoms with E-state index in [2.05, 4.69) is 5.32 Å². The van der Waals surface area contributed by atoms with Gasteiger partial charge in [-0.25, -0.2) is 0 Å². The highest BCUT2D eigenvalue weighted by atomic mass is 16.5. The Kier molecular flexibility index (Phi) is 5.14. The first-order chi connectivity index (χ1) is 10.5. The molecule has 2 amide bonds. The van der Waals surface area contributed by atoms with Crippen LogP contribution in [0.5, 0.6) is 0 Å². The number of rotatable bonds is 5. The van der Waals surface area contributed by atoms with E-state index in [0.717, 1.165) is 5.56 Å². The summed E-state index contributed by atoms with van der Waals surface area (Å²) in [6.45, 7) is 1.95. The number of hydrogen-bond acceptors (Lipinski definition) is 4. The first kappa shape index (κ1) is 16.0. The third-order valence-corrected chi connectivity index (χ3v) is 3.87. The number of esters is 1. The Labute approximate surface area is 129 Å². The lowest BCUT2D eigenvalue weighted by Gasteiger charge is -2.25. The predicted molar refractivity (Wildman–Crippen MR) is 79.7 cm³/mol. The first-order valence-electron chi connectivity index (χ1n) is 7.24. The molecule has 1 heterocycles. The van der Waals surface area contributed by atoms with Gasteiger partial charge in [-0.05, 0) is 12.5 Å². The third-order valence-electron chi connectivity index (χ3n) is 3.87. The van der Waals surface area contributed by atoms with Crippen LogP contribution in [0, 0.1) is 5.92 Å². The van der Waals surface area contributed by atoms with E-state index in [-0.39, 0.29) is 30.9 Å². The monoisotopic (exact) mass is 304 g/mol. The molecule has 2 rings (SSSR count). The van der Waals surface area contributed by atoms with Crippen molar-refractivity contribution in [3.8, 4) is 0 Å². The summed E-state index contributed by atoms with van der Waals surface area (Å²) < 4.78 is 4.93. The molecule has 0 spiro atoms. The molecule has 0 aromatic heterocycles. The molecule has 1 fully saturated rings. The molecule has 6 nitrogen and oxygen atoms in total. The van der Waals surface area contributed by atoms with Crippen molar-refractivity contribution >= 4 is 17.8 Å². The lowest BCUT2D eigenvalue weighted by atomic mass is 10.1. The molecular weight excluding hydrogens is 284 g/mol. The molecule has 0 bridgehead atoms. The van der Waals surface area contributed by atoms with Crippen molar-refractivity contribution in [1.29, 1.82) is 0 Å². The molecule has 1 aliphatic rings. The van der Waals surface area contributed by atoms with E-state index in [4.69, 9.17) is 4.74 Å². The lowest BCUT2D eigenvalue weighted by Crippen LogP contribution is -2.31. The molecule has 1 aromatic carbocycles. The Morgan fingerprint density at radius 3 is 2.68 bits per heavy atom. The van der Waals surface area contributed by atoms with Crippen molar-refractivity contribution in [1.82, 2.24) is 10.2 Å². The minimum atomic E-state index is -0.511. The minimum Gasteiger partial charge on any atom is -0.455 e. The Morgan fingerprint density at radius 1 is 1.36 bits per heavy atom. The summed E-state index contributed by atoms with van der Waals surface area (Å²) >= 11 is 0. The average molecular weight is 304 g/mol. The van der Waals surface area contributed by atoms with Gasteiger partial charge in [0.25, 0.3) is 5.91 Å². The number of likely N-dealkylation sites (tertiary alicyclic amines) is 1. The maximum Gasteiger partial charge on any atom is 0.311 e. The molecule has 6 heteroatoms. The van der Waals surface area contributed by atoms with Crippen LogP contribution in [0.25, 0.3) is 0 Å². The van der Waals surface area contributed by atoms with Crippen molar-refractivity contribution in [2.75, 3.05) is 20.2 Å². The number of nitrogens with zero attached hydrogens (tertiary/aromatic N) is 1. The fraction of sp³-hybridized carbons (Fsp3) is 0.438. The largest absolute Gasteiger partial charge is 0.455 e. The molecule has 0 unspecified atom stereocenters. The maximum atomic E-state index is 12.1. The molecule has 118 valence electrons. The van der Waals surface area contributed by atoms with Gasteiger partial charge < -0.3 is 15.0 Å². The van der Waals surface area contributed by atoms with Crippen LogP contribution in [-0.2, 0) is 19.1 Å². The number of amides is 2. The van der Waals surface area contributed by atoms with Crippen LogP contribution in [0.15, 0.2) is 30.3 Å². The molecule has 1 aliphatic heterocycles. The molecule has 1 aromatic rings. The van der Waals surface area contributed by atoms with E-state index in [1.165, 1.54) is 7.05 Å². The molecule has 22 heavy (non-hydrogen) atoms. The molecule has 1 saturated heterocycles. The lowest BCUT2D eigenvalue weighted by molar-refractivity contribution is -0.152. The normalized spacial score (nSPS) is 18.9. The van der Waals surface area contributed by atoms with Gasteiger partial charge in [-0.2, -0.15) is 0 Å². The van der Waals surface area contributed by atoms with Crippen LogP contribution in [0.3, 0.4) is 0 Å². The Morgan fingerprint density at radius 2 is 2.05 bits per heavy atom. The van der Waals surface area contributed by atoms with Gasteiger partial charge in [0.15, 0.2) is 6.61 Å². The van der Waals surface area contributed by atoms with Gasteiger partial charge in [0.2, 0.25) is 5.91 Å². The highest BCUT2D eigenvalue weighted by Crippen LogP contribution is 2.28. The van der Waals surface area contributed by atoms with Gasteiger partial charge in [0.1, 0.15) is 0 Å². The van der Waals surface area contributed by atoms with Crippen molar-refractivity contribution in [3.05, 3.63) is 35.9 Å². The first-order valence-corrected chi connectivity index (χ1v) is 7.24. The minimum absolute atomic E-state index is 0.0711. The van der Waals surface area contributed by atoms with Crippen molar-refractivity contribution in [3.63, 3.8) is 0 Å². The number of hydrogen-bond donors (Lipinski definition) is 1. The molecule has 2 atom stereocenters. The second-order valence-electron chi connectivity index (χ2n) is 5.31. The second kappa shape index (κ2) is 7.06. The van der Waals surface area contributed by atoms with Gasteiger partial charge in [-0.1, -0.05) is 30.3 Å². The molecule has 0 aliphatic carbocycles. The van der Waals surface area contributed by atoms with Crippen molar-refractivity contribution in [2.24, 2.45) is 5.92 Å². The SMILES string of the molecule is CNC(=O)COC(=O)[C@@H]1CC(=O)N([C@@H](C)c2ccccc2)C1. The van der Waals surface area contributed by atoms with Crippen LogP contribution < -0.4 is 5.32 Å². The summed E-state index contributed by atoms with van der Waals surface area (Å²) in [4.78, 5) is 36.8. The number of nitrogens with one attached hydrogen (secondary N) is 1. The zero-order valence-electron chi connectivity index (χ0n) is 12.7. The zero-order valence-corrected chi connectivity index (χ0v) is 12.7. The van der Waals surface area contributed by atoms with Gasteiger partial charge in [-0.3, -0.25) is 14.4 Å². The van der Waals surface area contributed by atoms with Gasteiger partial charge >= 0.3 is 5.97 Å². The molecular formula is C16H20N2O4. The van der Waals surface area contributed by atoms with E-state index >= 15 is 0 Å². The molecule has 1 N–H and O–H groups in total. The fourth-order valence-corrected chi connectivity index (χ4v) is 2.50. The van der Waals surface area contributed by atoms with E-state index in [1.807, 2.05) is 37.3 Å². The summed E-state index contributed by atoms with van der Waals surface area (Å²) in [5, 5.41) is 2.37. The Hall–Kier alpha value is -2.37. The highest BCUT2D eigenvalue weighted by Gasteiger charge is 2.38. The molecule has 0 radical (unpaired) electrons. The fourth-order valence-electron chi connectivity index (χ4n) is 2.50. The zero-order chi connectivity index (χ0) is 16.1. The topological polar surface area (TPSA) is 75.7 Å². The van der Waals surface area contributed by atoms with E-state index in [1.54, 1.807) is 4.90 Å². The van der Waals surface area contributed by atoms with Crippen LogP contribution in [0.4, 0.5) is 0 Å². The van der Waals surface area contributed by atoms with Gasteiger partial charge in [0, 0.05) is 20.0 Å². The summed E-state index contributed by atoms with van der Waals surface area (Å²) in [5.41, 5.74) is 1.02. The van der Waals surface area contributed by atoms with Crippen LogP contribution in [-0.4, -0.2) is 42.9 Å². The number of likely N-dealkylation sites (N-methyl/N-ethyl adjacent to an activating group) is 1. The summed E-state index contributed by atoms with van der Waals surface area (Å²) in [5.74, 6) is -1.45.